The van der Waals surface area contributed by atoms with E-state index in [4.69, 9.17) is 8.94 Å². The summed E-state index contributed by atoms with van der Waals surface area (Å²) in [7, 11) is 2.11. The predicted octanol–water partition coefficient (Wildman–Crippen LogP) is 3.13. The molecule has 3 aromatic heterocycles. The van der Waals surface area contributed by atoms with E-state index in [9.17, 15) is 4.79 Å². The van der Waals surface area contributed by atoms with Crippen molar-refractivity contribution in [1.82, 2.24) is 29.7 Å². The fourth-order valence-corrected chi connectivity index (χ4v) is 5.26. The van der Waals surface area contributed by atoms with Crippen molar-refractivity contribution >= 4 is 5.91 Å². The molecule has 170 valence electrons. The second kappa shape index (κ2) is 7.88. The van der Waals surface area contributed by atoms with Gasteiger partial charge in [-0.05, 0) is 70.7 Å². The van der Waals surface area contributed by atoms with Gasteiger partial charge in [0.05, 0.1) is 18.3 Å². The first-order valence-electron chi connectivity index (χ1n) is 11.2. The molecule has 2 saturated heterocycles. The highest BCUT2D eigenvalue weighted by atomic mass is 16.5. The Labute approximate surface area is 187 Å². The van der Waals surface area contributed by atoms with Gasteiger partial charge in [0.15, 0.2) is 11.6 Å². The van der Waals surface area contributed by atoms with E-state index in [1.165, 1.54) is 0 Å². The minimum absolute atomic E-state index is 0.0325. The van der Waals surface area contributed by atoms with E-state index in [0.29, 0.717) is 24.0 Å². The lowest BCUT2D eigenvalue weighted by molar-refractivity contribution is 0.0561. The van der Waals surface area contributed by atoms with Gasteiger partial charge in [-0.25, -0.2) is 0 Å². The van der Waals surface area contributed by atoms with Crippen molar-refractivity contribution in [2.75, 3.05) is 26.7 Å². The summed E-state index contributed by atoms with van der Waals surface area (Å²) >= 11 is 0. The first-order chi connectivity index (χ1) is 15.3. The highest BCUT2D eigenvalue weighted by Crippen LogP contribution is 2.48. The predicted molar refractivity (Wildman–Crippen MR) is 116 cm³/mol. The van der Waals surface area contributed by atoms with E-state index in [1.807, 2.05) is 42.5 Å². The number of hydrogen-bond acceptors (Lipinski definition) is 7. The Morgan fingerprint density at radius 1 is 1.22 bits per heavy atom. The van der Waals surface area contributed by atoms with Crippen LogP contribution in [0.1, 0.15) is 64.7 Å². The lowest BCUT2D eigenvalue weighted by Gasteiger charge is -2.38. The average molecular weight is 439 g/mol. The van der Waals surface area contributed by atoms with Crippen LogP contribution in [0.3, 0.4) is 0 Å². The van der Waals surface area contributed by atoms with Crippen molar-refractivity contribution < 1.29 is 13.7 Å². The molecule has 0 aromatic carbocycles. The standard InChI is InChI=1S/C23H30N6O3/c1-15-11-16(2)29(25-15)13-18-5-6-20(31-18)22(30)28-9-7-23(8-10-28)12-19(27(4)14-23)21-24-17(3)26-32-21/h5-6,11,19H,7-10,12-14H2,1-4H3. The number of nitrogens with zero attached hydrogens (tertiary/aromatic N) is 6. The van der Waals surface area contributed by atoms with E-state index < -0.39 is 0 Å². The van der Waals surface area contributed by atoms with Crippen LogP contribution >= 0.6 is 0 Å². The third-order valence-electron chi connectivity index (χ3n) is 6.96. The molecule has 0 bridgehead atoms. The van der Waals surface area contributed by atoms with E-state index in [-0.39, 0.29) is 17.4 Å². The highest BCUT2D eigenvalue weighted by molar-refractivity contribution is 5.91. The van der Waals surface area contributed by atoms with Crippen molar-refractivity contribution in [3.8, 4) is 0 Å². The third-order valence-corrected chi connectivity index (χ3v) is 6.96. The molecule has 2 aliphatic rings. The molecule has 3 aromatic rings. The zero-order valence-electron chi connectivity index (χ0n) is 19.2. The Kier molecular flexibility index (Phi) is 5.16. The number of amides is 1. The Morgan fingerprint density at radius 2 is 2.00 bits per heavy atom. The summed E-state index contributed by atoms with van der Waals surface area (Å²) < 4.78 is 13.2. The SMILES string of the molecule is Cc1cc(C)n(Cc2ccc(C(=O)N3CCC4(CC3)CC(c3nc(C)no3)N(C)C4)o2)n1. The van der Waals surface area contributed by atoms with Gasteiger partial charge >= 0.3 is 0 Å². The molecular formula is C23H30N6O3. The number of carbonyl (C=O) groups is 1. The van der Waals surface area contributed by atoms with Crippen molar-refractivity contribution in [2.45, 2.75) is 52.6 Å². The maximum atomic E-state index is 13.1. The van der Waals surface area contributed by atoms with Crippen LogP contribution in [0.4, 0.5) is 0 Å². The van der Waals surface area contributed by atoms with Crippen molar-refractivity contribution in [3.05, 3.63) is 52.8 Å². The summed E-state index contributed by atoms with van der Waals surface area (Å²) in [5, 5.41) is 8.42. The van der Waals surface area contributed by atoms with Gasteiger partial charge in [-0.2, -0.15) is 10.1 Å². The Balaban J connectivity index is 1.21. The minimum atomic E-state index is -0.0325. The number of furan rings is 1. The molecule has 1 spiro atoms. The largest absolute Gasteiger partial charge is 0.454 e. The molecule has 0 N–H and O–H groups in total. The van der Waals surface area contributed by atoms with E-state index >= 15 is 0 Å². The van der Waals surface area contributed by atoms with Crippen LogP contribution < -0.4 is 0 Å². The molecule has 2 fully saturated rings. The number of likely N-dealkylation sites (tertiary alicyclic amines) is 2. The van der Waals surface area contributed by atoms with Crippen molar-refractivity contribution in [1.29, 1.82) is 0 Å². The summed E-state index contributed by atoms with van der Waals surface area (Å²) in [4.78, 5) is 21.7. The van der Waals surface area contributed by atoms with Gasteiger partial charge in [0.25, 0.3) is 5.91 Å². The van der Waals surface area contributed by atoms with Crippen LogP contribution in [0.25, 0.3) is 0 Å². The fraction of sp³-hybridized carbons (Fsp3) is 0.565. The molecule has 0 aliphatic carbocycles. The fourth-order valence-electron chi connectivity index (χ4n) is 5.26. The van der Waals surface area contributed by atoms with Gasteiger partial charge in [-0.15, -0.1) is 0 Å². The maximum absolute atomic E-state index is 13.1. The molecule has 9 heteroatoms. The molecule has 2 aliphatic heterocycles. The van der Waals surface area contributed by atoms with Crippen molar-refractivity contribution in [3.63, 3.8) is 0 Å². The number of aromatic nitrogens is 4. The minimum Gasteiger partial charge on any atom is -0.454 e. The zero-order chi connectivity index (χ0) is 22.5. The smallest absolute Gasteiger partial charge is 0.289 e. The molecule has 5 rings (SSSR count). The number of carbonyl (C=O) groups excluding carboxylic acids is 1. The summed E-state index contributed by atoms with van der Waals surface area (Å²) in [5.74, 6) is 2.48. The van der Waals surface area contributed by atoms with Gasteiger partial charge in [0, 0.05) is 25.3 Å². The number of aryl methyl sites for hydroxylation is 3. The Hall–Kier alpha value is -2.94. The molecular weight excluding hydrogens is 408 g/mol. The lowest BCUT2D eigenvalue weighted by atomic mass is 9.76. The van der Waals surface area contributed by atoms with E-state index in [0.717, 1.165) is 56.0 Å². The first-order valence-corrected chi connectivity index (χ1v) is 11.2. The molecule has 5 heterocycles. The van der Waals surface area contributed by atoms with Gasteiger partial charge in [0.2, 0.25) is 5.89 Å². The van der Waals surface area contributed by atoms with Crippen LogP contribution in [0.15, 0.2) is 27.1 Å². The number of rotatable bonds is 4. The quantitative estimate of drug-likeness (QED) is 0.618. The Morgan fingerprint density at radius 3 is 2.66 bits per heavy atom. The number of piperidine rings is 1. The van der Waals surface area contributed by atoms with Gasteiger partial charge in [0.1, 0.15) is 5.76 Å². The molecule has 0 radical (unpaired) electrons. The van der Waals surface area contributed by atoms with Crippen LogP contribution in [0.2, 0.25) is 0 Å². The molecule has 1 amide bonds. The van der Waals surface area contributed by atoms with Crippen LogP contribution in [-0.4, -0.2) is 62.3 Å². The summed E-state index contributed by atoms with van der Waals surface area (Å²) in [6, 6.07) is 5.84. The summed E-state index contributed by atoms with van der Waals surface area (Å²) in [5.41, 5.74) is 2.23. The first kappa shape index (κ1) is 20.9. The topological polar surface area (TPSA) is 93.4 Å². The zero-order valence-corrected chi connectivity index (χ0v) is 19.2. The second-order valence-electron chi connectivity index (χ2n) is 9.46. The molecule has 1 atom stereocenters. The number of hydrogen-bond donors (Lipinski definition) is 0. The normalized spacial score (nSPS) is 21.0. The van der Waals surface area contributed by atoms with Gasteiger partial charge in [-0.1, -0.05) is 5.16 Å². The maximum Gasteiger partial charge on any atom is 0.289 e. The molecule has 0 saturated carbocycles. The monoisotopic (exact) mass is 438 g/mol. The van der Waals surface area contributed by atoms with Crippen molar-refractivity contribution in [2.24, 2.45) is 5.41 Å². The van der Waals surface area contributed by atoms with Crippen LogP contribution in [0, 0.1) is 26.2 Å². The lowest BCUT2D eigenvalue weighted by Crippen LogP contribution is -2.44. The van der Waals surface area contributed by atoms with Gasteiger partial charge in [-0.3, -0.25) is 14.4 Å². The second-order valence-corrected chi connectivity index (χ2v) is 9.46. The summed E-state index contributed by atoms with van der Waals surface area (Å²) in [6.45, 7) is 8.80. The average Bonchev–Trinajstić information content (AvgIpc) is 3.52. The molecule has 32 heavy (non-hydrogen) atoms. The van der Waals surface area contributed by atoms with Crippen LogP contribution in [-0.2, 0) is 6.54 Å². The van der Waals surface area contributed by atoms with Crippen LogP contribution in [0.5, 0.6) is 0 Å². The van der Waals surface area contributed by atoms with E-state index in [2.05, 4.69) is 27.2 Å². The van der Waals surface area contributed by atoms with E-state index in [1.54, 1.807) is 6.07 Å². The third kappa shape index (κ3) is 3.85. The molecule has 1 unspecified atom stereocenters. The Bertz CT molecular complexity index is 1120. The highest BCUT2D eigenvalue weighted by Gasteiger charge is 2.47. The molecule has 9 nitrogen and oxygen atoms in total. The van der Waals surface area contributed by atoms with Gasteiger partial charge < -0.3 is 13.8 Å². The summed E-state index contributed by atoms with van der Waals surface area (Å²) in [6.07, 6.45) is 2.92.